The predicted octanol–water partition coefficient (Wildman–Crippen LogP) is 6.63. The summed E-state index contributed by atoms with van der Waals surface area (Å²) in [6, 6.07) is 34.4. The summed E-state index contributed by atoms with van der Waals surface area (Å²) in [5.41, 5.74) is 5.64. The van der Waals surface area contributed by atoms with Crippen molar-refractivity contribution in [2.24, 2.45) is 0 Å². The van der Waals surface area contributed by atoms with Crippen molar-refractivity contribution in [3.63, 3.8) is 0 Å². The van der Waals surface area contributed by atoms with Gasteiger partial charge in [0.05, 0.1) is 6.04 Å². The smallest absolute Gasteiger partial charge is 0.394 e. The van der Waals surface area contributed by atoms with Crippen molar-refractivity contribution in [3.8, 4) is 11.8 Å². The van der Waals surface area contributed by atoms with Gasteiger partial charge >= 0.3 is 11.9 Å². The zero-order valence-electron chi connectivity index (χ0n) is 21.5. The number of unbranched alkanes of at least 4 members (excludes halogenated alkanes) is 1. The Morgan fingerprint density at radius 2 is 1.18 bits per heavy atom. The number of rotatable bonds is 8. The Kier molecular flexibility index (Phi) is 9.10. The molecule has 4 aromatic carbocycles. The third-order valence-electron chi connectivity index (χ3n) is 6.42. The molecule has 1 N–H and O–H groups in total. The monoisotopic (exact) mass is 501 g/mol. The second kappa shape index (κ2) is 13.1. The fraction of sp³-hybridized carbons (Fsp3) is 0.176. The van der Waals surface area contributed by atoms with Crippen molar-refractivity contribution in [3.05, 3.63) is 143 Å². The molecule has 0 atom stereocenters. The number of benzene rings is 4. The molecule has 0 fully saturated rings. The van der Waals surface area contributed by atoms with Crippen LogP contribution < -0.4 is 0 Å². The summed E-state index contributed by atoms with van der Waals surface area (Å²) in [5.74, 6) is 3.97. The van der Waals surface area contributed by atoms with Gasteiger partial charge in [0.25, 0.3) is 0 Å². The lowest BCUT2D eigenvalue weighted by molar-refractivity contribution is -0.157. The summed E-state index contributed by atoms with van der Waals surface area (Å²) in [5, 5.41) is 9.65. The third-order valence-corrected chi connectivity index (χ3v) is 6.42. The van der Waals surface area contributed by atoms with E-state index in [2.05, 4.69) is 43.0 Å². The number of carbonyl (C=O) groups excluding carboxylic acids is 1. The Hall–Kier alpha value is -4.62. The van der Waals surface area contributed by atoms with Crippen molar-refractivity contribution in [2.45, 2.75) is 38.8 Å². The van der Waals surface area contributed by atoms with E-state index >= 15 is 0 Å². The van der Waals surface area contributed by atoms with Gasteiger partial charge < -0.3 is 10.0 Å². The summed E-state index contributed by atoms with van der Waals surface area (Å²) in [7, 11) is 0. The molecule has 1 amide bonds. The number of aliphatic carboxylic acids is 1. The number of nitrogens with zero attached hydrogens (tertiary/aromatic N) is 1. The molecular weight excluding hydrogens is 470 g/mol. The molecule has 0 saturated carbocycles. The molecule has 190 valence electrons. The highest BCUT2D eigenvalue weighted by Gasteiger charge is 2.30. The molecular formula is C34H31NO3. The molecule has 0 heterocycles. The highest BCUT2D eigenvalue weighted by atomic mass is 16.4. The average molecular weight is 502 g/mol. The Bertz CT molecular complexity index is 1360. The summed E-state index contributed by atoms with van der Waals surface area (Å²) in [6.45, 7) is 2.34. The summed E-state index contributed by atoms with van der Waals surface area (Å²) in [4.78, 5) is 26.2. The summed E-state index contributed by atoms with van der Waals surface area (Å²) in [6.07, 6.45) is 3.45. The average Bonchev–Trinajstić information content (AvgIpc) is 2.96. The van der Waals surface area contributed by atoms with Gasteiger partial charge in [0.15, 0.2) is 0 Å². The fourth-order valence-corrected chi connectivity index (χ4v) is 4.40. The Balaban J connectivity index is 1.57. The number of hydrogen-bond acceptors (Lipinski definition) is 2. The van der Waals surface area contributed by atoms with E-state index in [0.717, 1.165) is 34.2 Å². The van der Waals surface area contributed by atoms with Crippen molar-refractivity contribution < 1.29 is 14.7 Å². The standard InChI is InChI=1S/C34H31NO3/c1-2-3-10-26-15-17-27(18-16-26)19-20-28-21-23-29(24-22-28)25-35(33(36)34(37)38)32(30-11-6-4-7-12-30)31-13-8-5-9-14-31/h4-9,11-18,21-24,32H,2-3,10,25H2,1H3,(H,37,38). The first-order chi connectivity index (χ1) is 18.5. The van der Waals surface area contributed by atoms with E-state index in [1.54, 1.807) is 0 Å². The molecule has 4 nitrogen and oxygen atoms in total. The van der Waals surface area contributed by atoms with Crippen molar-refractivity contribution >= 4 is 11.9 Å². The Morgan fingerprint density at radius 3 is 1.63 bits per heavy atom. The minimum absolute atomic E-state index is 0.145. The number of carboxylic acid groups (broad SMARTS) is 1. The minimum Gasteiger partial charge on any atom is -0.474 e. The molecule has 0 radical (unpaired) electrons. The predicted molar refractivity (Wildman–Crippen MR) is 150 cm³/mol. The maximum Gasteiger partial charge on any atom is 0.394 e. The normalized spacial score (nSPS) is 10.5. The van der Waals surface area contributed by atoms with E-state index < -0.39 is 17.9 Å². The van der Waals surface area contributed by atoms with E-state index in [0.29, 0.717) is 0 Å². The van der Waals surface area contributed by atoms with Crippen molar-refractivity contribution in [1.82, 2.24) is 4.90 Å². The maximum absolute atomic E-state index is 12.9. The number of amides is 1. The SMILES string of the molecule is CCCCc1ccc(C#Cc2ccc(CN(C(=O)C(=O)O)C(c3ccccc3)c3ccccc3)cc2)cc1. The van der Waals surface area contributed by atoms with Crippen LogP contribution in [0.25, 0.3) is 0 Å². The summed E-state index contributed by atoms with van der Waals surface area (Å²) >= 11 is 0. The first-order valence-corrected chi connectivity index (χ1v) is 12.9. The van der Waals surface area contributed by atoms with E-state index in [1.807, 2.05) is 84.9 Å². The molecule has 0 aliphatic carbocycles. The van der Waals surface area contributed by atoms with Crippen LogP contribution in [0.2, 0.25) is 0 Å². The minimum atomic E-state index is -1.48. The van der Waals surface area contributed by atoms with Crippen LogP contribution in [0.4, 0.5) is 0 Å². The van der Waals surface area contributed by atoms with Gasteiger partial charge in [-0.25, -0.2) is 4.79 Å². The molecule has 0 spiro atoms. The lowest BCUT2D eigenvalue weighted by Gasteiger charge is -2.31. The van der Waals surface area contributed by atoms with Crippen LogP contribution in [0, 0.1) is 11.8 Å². The fourth-order valence-electron chi connectivity index (χ4n) is 4.40. The lowest BCUT2D eigenvalue weighted by atomic mass is 9.96. The quantitative estimate of drug-likeness (QED) is 0.218. The lowest BCUT2D eigenvalue weighted by Crippen LogP contribution is -2.39. The molecule has 4 rings (SSSR count). The second-order valence-corrected chi connectivity index (χ2v) is 9.21. The van der Waals surface area contributed by atoms with Gasteiger partial charge in [-0.15, -0.1) is 0 Å². The van der Waals surface area contributed by atoms with Gasteiger partial charge in [0.2, 0.25) is 0 Å². The number of carboxylic acids is 1. The van der Waals surface area contributed by atoms with Crippen LogP contribution in [0.3, 0.4) is 0 Å². The van der Waals surface area contributed by atoms with E-state index in [9.17, 15) is 14.7 Å². The van der Waals surface area contributed by atoms with Gasteiger partial charge in [0, 0.05) is 17.7 Å². The number of hydrogen-bond donors (Lipinski definition) is 1. The molecule has 0 aliphatic heterocycles. The largest absolute Gasteiger partial charge is 0.474 e. The Labute approximate surface area is 224 Å². The molecule has 0 unspecified atom stereocenters. The molecule has 4 heteroatoms. The van der Waals surface area contributed by atoms with Gasteiger partial charge in [-0.3, -0.25) is 4.79 Å². The molecule has 4 aromatic rings. The highest BCUT2D eigenvalue weighted by Crippen LogP contribution is 2.30. The zero-order valence-corrected chi connectivity index (χ0v) is 21.5. The van der Waals surface area contributed by atoms with Gasteiger partial charge in [-0.1, -0.05) is 110 Å². The number of aryl methyl sites for hydroxylation is 1. The first kappa shape index (κ1) is 26.4. The second-order valence-electron chi connectivity index (χ2n) is 9.21. The van der Waals surface area contributed by atoms with Gasteiger partial charge in [-0.05, 0) is 59.4 Å². The Morgan fingerprint density at radius 1 is 0.711 bits per heavy atom. The van der Waals surface area contributed by atoms with E-state index in [1.165, 1.54) is 23.3 Å². The maximum atomic E-state index is 12.9. The van der Waals surface area contributed by atoms with E-state index in [-0.39, 0.29) is 6.54 Å². The molecule has 0 aliphatic rings. The van der Waals surface area contributed by atoms with Gasteiger partial charge in [-0.2, -0.15) is 0 Å². The zero-order chi connectivity index (χ0) is 26.7. The molecule has 0 bridgehead atoms. The van der Waals surface area contributed by atoms with Crippen LogP contribution in [-0.4, -0.2) is 21.9 Å². The highest BCUT2D eigenvalue weighted by molar-refractivity contribution is 6.31. The van der Waals surface area contributed by atoms with Crippen LogP contribution >= 0.6 is 0 Å². The van der Waals surface area contributed by atoms with Crippen molar-refractivity contribution in [1.29, 1.82) is 0 Å². The van der Waals surface area contributed by atoms with Crippen LogP contribution in [-0.2, 0) is 22.6 Å². The van der Waals surface area contributed by atoms with Crippen molar-refractivity contribution in [2.75, 3.05) is 0 Å². The number of carbonyl (C=O) groups is 2. The topological polar surface area (TPSA) is 57.6 Å². The van der Waals surface area contributed by atoms with Gasteiger partial charge in [0.1, 0.15) is 0 Å². The first-order valence-electron chi connectivity index (χ1n) is 12.9. The van der Waals surface area contributed by atoms with E-state index in [4.69, 9.17) is 0 Å². The van der Waals surface area contributed by atoms with Crippen LogP contribution in [0.15, 0.2) is 109 Å². The van der Waals surface area contributed by atoms with Crippen LogP contribution in [0.5, 0.6) is 0 Å². The summed E-state index contributed by atoms with van der Waals surface area (Å²) < 4.78 is 0. The third kappa shape index (κ3) is 6.99. The van der Waals surface area contributed by atoms with Crippen LogP contribution in [0.1, 0.15) is 59.2 Å². The molecule has 0 aromatic heterocycles. The molecule has 38 heavy (non-hydrogen) atoms. The molecule has 0 saturated heterocycles.